The first-order chi connectivity index (χ1) is 9.47. The molecule has 0 unspecified atom stereocenters. The Bertz CT molecular complexity index is 441. The molecule has 3 nitrogen and oxygen atoms in total. The minimum absolute atomic E-state index is 0.0216. The van der Waals surface area contributed by atoms with Crippen LogP contribution in [-0.4, -0.2) is 42.8 Å². The van der Waals surface area contributed by atoms with Gasteiger partial charge < -0.3 is 10.4 Å². The number of nitrogens with one attached hydrogen (secondary N) is 1. The fourth-order valence-corrected chi connectivity index (χ4v) is 3.13. The lowest BCUT2D eigenvalue weighted by atomic mass is 9.79. The molecule has 0 amide bonds. The van der Waals surface area contributed by atoms with Gasteiger partial charge in [-0.05, 0) is 12.1 Å². The van der Waals surface area contributed by atoms with E-state index in [4.69, 9.17) is 11.6 Å². The first-order valence-electron chi connectivity index (χ1n) is 6.97. The van der Waals surface area contributed by atoms with Gasteiger partial charge in [0.1, 0.15) is 5.82 Å². The Balaban J connectivity index is 2.45. The first-order valence-corrected chi connectivity index (χ1v) is 7.34. The number of rotatable bonds is 4. The molecule has 1 aliphatic rings. The maximum atomic E-state index is 14.3. The lowest BCUT2D eigenvalue weighted by Gasteiger charge is -2.43. The second kappa shape index (κ2) is 6.39. The first kappa shape index (κ1) is 15.7. The van der Waals surface area contributed by atoms with Crippen molar-refractivity contribution in [1.29, 1.82) is 0 Å². The number of aliphatic hydroxyl groups excluding tert-OH is 1. The molecule has 20 heavy (non-hydrogen) atoms. The molecule has 0 saturated carbocycles. The van der Waals surface area contributed by atoms with Crippen molar-refractivity contribution < 1.29 is 9.50 Å². The Morgan fingerprint density at radius 2 is 2.05 bits per heavy atom. The molecule has 5 heteroatoms. The van der Waals surface area contributed by atoms with Crippen LogP contribution in [0.3, 0.4) is 0 Å². The van der Waals surface area contributed by atoms with Crippen molar-refractivity contribution in [1.82, 2.24) is 10.2 Å². The van der Waals surface area contributed by atoms with Gasteiger partial charge in [-0.3, -0.25) is 4.90 Å². The number of aliphatic hydroxyl groups is 1. The van der Waals surface area contributed by atoms with Crippen LogP contribution in [0.1, 0.15) is 25.5 Å². The monoisotopic (exact) mass is 300 g/mol. The van der Waals surface area contributed by atoms with Crippen molar-refractivity contribution in [3.8, 4) is 0 Å². The normalized spacial score (nSPS) is 19.1. The fourth-order valence-electron chi connectivity index (χ4n) is 2.87. The van der Waals surface area contributed by atoms with Crippen molar-refractivity contribution in [2.75, 3.05) is 32.8 Å². The van der Waals surface area contributed by atoms with Gasteiger partial charge in [0.15, 0.2) is 0 Å². The highest BCUT2D eigenvalue weighted by molar-refractivity contribution is 6.31. The van der Waals surface area contributed by atoms with Crippen molar-refractivity contribution in [3.63, 3.8) is 0 Å². The van der Waals surface area contributed by atoms with Crippen LogP contribution in [0.25, 0.3) is 0 Å². The number of piperazine rings is 1. The standard InChI is InChI=1S/C15H22ClFN2O/c1-15(2,10-20)14(19-8-6-18-7-9-19)13-11(16)4-3-5-12(13)17/h3-5,14,18,20H,6-10H2,1-2H3/t14-/m1/s1. The van der Waals surface area contributed by atoms with Crippen molar-refractivity contribution in [2.24, 2.45) is 5.41 Å². The molecule has 0 aliphatic carbocycles. The molecule has 1 fully saturated rings. The summed E-state index contributed by atoms with van der Waals surface area (Å²) in [6.07, 6.45) is 0. The third-order valence-corrected chi connectivity index (χ3v) is 4.27. The lowest BCUT2D eigenvalue weighted by molar-refractivity contribution is 0.0287. The van der Waals surface area contributed by atoms with E-state index in [9.17, 15) is 9.50 Å². The molecule has 0 spiro atoms. The predicted molar refractivity (Wildman–Crippen MR) is 79.5 cm³/mol. The van der Waals surface area contributed by atoms with E-state index < -0.39 is 5.41 Å². The molecule has 2 N–H and O–H groups in total. The summed E-state index contributed by atoms with van der Waals surface area (Å²) >= 11 is 6.24. The topological polar surface area (TPSA) is 35.5 Å². The van der Waals surface area contributed by atoms with Crippen LogP contribution >= 0.6 is 11.6 Å². The third-order valence-electron chi connectivity index (χ3n) is 3.94. The Hall–Kier alpha value is -0.680. The molecule has 1 aliphatic heterocycles. The highest BCUT2D eigenvalue weighted by atomic mass is 35.5. The Kier molecular flexibility index (Phi) is 5.02. The molecule has 0 aromatic heterocycles. The largest absolute Gasteiger partial charge is 0.396 e. The quantitative estimate of drug-likeness (QED) is 0.896. The molecule has 2 rings (SSSR count). The van der Waals surface area contributed by atoms with Gasteiger partial charge in [-0.1, -0.05) is 31.5 Å². The number of halogens is 2. The molecule has 1 atom stereocenters. The summed E-state index contributed by atoms with van der Waals surface area (Å²) < 4.78 is 14.3. The van der Waals surface area contributed by atoms with E-state index in [-0.39, 0.29) is 18.5 Å². The van der Waals surface area contributed by atoms with Gasteiger partial charge in [-0.25, -0.2) is 4.39 Å². The zero-order valence-electron chi connectivity index (χ0n) is 12.0. The van der Waals surface area contributed by atoms with E-state index in [0.29, 0.717) is 10.6 Å². The van der Waals surface area contributed by atoms with Gasteiger partial charge in [0.05, 0.1) is 0 Å². The summed E-state index contributed by atoms with van der Waals surface area (Å²) in [6, 6.07) is 4.53. The minimum atomic E-state index is -0.469. The lowest BCUT2D eigenvalue weighted by Crippen LogP contribution is -2.49. The average Bonchev–Trinajstić information content (AvgIpc) is 2.43. The van der Waals surface area contributed by atoms with Crippen LogP contribution in [0.4, 0.5) is 4.39 Å². The molecule has 112 valence electrons. The SMILES string of the molecule is CC(C)(CO)[C@@H](c1c(F)cccc1Cl)N1CCNCC1. The summed E-state index contributed by atoms with van der Waals surface area (Å²) in [6.45, 7) is 7.24. The van der Waals surface area contributed by atoms with Gasteiger partial charge in [-0.15, -0.1) is 0 Å². The van der Waals surface area contributed by atoms with Crippen LogP contribution in [0.2, 0.25) is 5.02 Å². The van der Waals surface area contributed by atoms with E-state index in [1.165, 1.54) is 6.07 Å². The van der Waals surface area contributed by atoms with Gasteiger partial charge in [-0.2, -0.15) is 0 Å². The molecular formula is C15H22ClFN2O. The maximum absolute atomic E-state index is 14.3. The van der Waals surface area contributed by atoms with Crippen molar-refractivity contribution >= 4 is 11.6 Å². The zero-order valence-corrected chi connectivity index (χ0v) is 12.8. The van der Waals surface area contributed by atoms with Crippen LogP contribution in [0.15, 0.2) is 18.2 Å². The van der Waals surface area contributed by atoms with Gasteiger partial charge in [0, 0.05) is 54.8 Å². The van der Waals surface area contributed by atoms with Crippen LogP contribution in [0, 0.1) is 11.2 Å². The van der Waals surface area contributed by atoms with Crippen LogP contribution in [-0.2, 0) is 0 Å². The number of benzene rings is 1. The molecule has 0 bridgehead atoms. The highest BCUT2D eigenvalue weighted by Crippen LogP contribution is 2.42. The molecule has 0 radical (unpaired) electrons. The summed E-state index contributed by atoms with van der Waals surface area (Å²) in [4.78, 5) is 2.21. The van der Waals surface area contributed by atoms with E-state index in [1.807, 2.05) is 13.8 Å². The predicted octanol–water partition coefficient (Wildman–Crippen LogP) is 2.44. The smallest absolute Gasteiger partial charge is 0.129 e. The Morgan fingerprint density at radius 1 is 1.40 bits per heavy atom. The number of hydrogen-bond donors (Lipinski definition) is 2. The Labute approximate surface area is 124 Å². The summed E-state index contributed by atoms with van der Waals surface area (Å²) in [5.41, 5.74) is 0.0264. The number of nitrogens with zero attached hydrogens (tertiary/aromatic N) is 1. The van der Waals surface area contributed by atoms with Gasteiger partial charge in [0.2, 0.25) is 0 Å². The Morgan fingerprint density at radius 3 is 2.60 bits per heavy atom. The molecule has 1 saturated heterocycles. The van der Waals surface area contributed by atoms with E-state index >= 15 is 0 Å². The van der Waals surface area contributed by atoms with Gasteiger partial charge in [0.25, 0.3) is 0 Å². The van der Waals surface area contributed by atoms with Gasteiger partial charge >= 0.3 is 0 Å². The maximum Gasteiger partial charge on any atom is 0.129 e. The summed E-state index contributed by atoms with van der Waals surface area (Å²) in [7, 11) is 0. The second-order valence-corrected chi connectivity index (χ2v) is 6.38. The van der Waals surface area contributed by atoms with E-state index in [0.717, 1.165) is 26.2 Å². The van der Waals surface area contributed by atoms with Crippen LogP contribution in [0.5, 0.6) is 0 Å². The zero-order chi connectivity index (χ0) is 14.8. The molecule has 1 aromatic carbocycles. The van der Waals surface area contributed by atoms with Crippen molar-refractivity contribution in [3.05, 3.63) is 34.6 Å². The van der Waals surface area contributed by atoms with E-state index in [2.05, 4.69) is 10.2 Å². The molecule has 1 aromatic rings. The molecule has 1 heterocycles. The number of hydrogen-bond acceptors (Lipinski definition) is 3. The minimum Gasteiger partial charge on any atom is -0.396 e. The second-order valence-electron chi connectivity index (χ2n) is 5.97. The summed E-state index contributed by atoms with van der Waals surface area (Å²) in [5.74, 6) is -0.303. The third kappa shape index (κ3) is 3.14. The summed E-state index contributed by atoms with van der Waals surface area (Å²) in [5, 5.41) is 13.4. The van der Waals surface area contributed by atoms with E-state index in [1.54, 1.807) is 12.1 Å². The van der Waals surface area contributed by atoms with Crippen molar-refractivity contribution in [2.45, 2.75) is 19.9 Å². The highest BCUT2D eigenvalue weighted by Gasteiger charge is 2.38. The van der Waals surface area contributed by atoms with Crippen LogP contribution < -0.4 is 5.32 Å². The fraction of sp³-hybridized carbons (Fsp3) is 0.600. The average molecular weight is 301 g/mol. The molecular weight excluding hydrogens is 279 g/mol.